The molecule has 7 nitrogen and oxygen atoms in total. The van der Waals surface area contributed by atoms with Gasteiger partial charge < -0.3 is 19.2 Å². The Hall–Kier alpha value is -3.67. The van der Waals surface area contributed by atoms with Crippen molar-refractivity contribution >= 4 is 21.8 Å². The first kappa shape index (κ1) is 25.4. The minimum absolute atomic E-state index is 0.0237. The molecule has 0 aliphatic rings. The maximum absolute atomic E-state index is 13.2. The Bertz CT molecular complexity index is 1380. The maximum atomic E-state index is 13.2. The van der Waals surface area contributed by atoms with Crippen molar-refractivity contribution in [2.24, 2.45) is 0 Å². The van der Waals surface area contributed by atoms with Crippen LogP contribution in [0.5, 0.6) is 17.2 Å². The molecule has 0 amide bonds. The number of hydrogen-bond donors (Lipinski definition) is 1. The molecule has 1 atom stereocenters. The van der Waals surface area contributed by atoms with Gasteiger partial charge in [-0.3, -0.25) is 9.19 Å². The molecule has 0 spiro atoms. The molecule has 1 N–H and O–H groups in total. The molecule has 0 bridgehead atoms. The molecule has 0 fully saturated rings. The van der Waals surface area contributed by atoms with Gasteiger partial charge >= 0.3 is 12.5 Å². The molecule has 12 heteroatoms. The normalized spacial score (nSPS) is 12.6. The number of aromatic nitrogens is 3. The van der Waals surface area contributed by atoms with E-state index in [1.54, 1.807) is 6.92 Å². The summed E-state index contributed by atoms with van der Waals surface area (Å²) in [6.45, 7) is 2.07. The lowest BCUT2D eigenvalue weighted by molar-refractivity contribution is -0.253. The second-order valence-electron chi connectivity index (χ2n) is 7.68. The van der Waals surface area contributed by atoms with E-state index in [4.69, 9.17) is 9.47 Å². The highest BCUT2D eigenvalue weighted by molar-refractivity contribution is 7.84. The van der Waals surface area contributed by atoms with Gasteiger partial charge in [0, 0.05) is 11.6 Å². The summed E-state index contributed by atoms with van der Waals surface area (Å²) in [6, 6.07) is 13.0. The van der Waals surface area contributed by atoms with Crippen molar-refractivity contribution in [3.8, 4) is 17.2 Å². The van der Waals surface area contributed by atoms with Crippen molar-refractivity contribution in [1.29, 1.82) is 0 Å². The van der Waals surface area contributed by atoms with Crippen LogP contribution in [0.15, 0.2) is 59.9 Å². The highest BCUT2D eigenvalue weighted by Gasteiger charge is 2.44. The molecular formula is C24H21F4N3O4S. The van der Waals surface area contributed by atoms with Crippen molar-refractivity contribution in [1.82, 2.24) is 15.0 Å². The largest absolute Gasteiger partial charge is 0.491 e. The van der Waals surface area contributed by atoms with Gasteiger partial charge in [-0.15, -0.1) is 0 Å². The Balaban J connectivity index is 1.53. The van der Waals surface area contributed by atoms with Gasteiger partial charge in [0.1, 0.15) is 12.4 Å². The van der Waals surface area contributed by atoms with Gasteiger partial charge in [-0.1, -0.05) is 30.3 Å². The van der Waals surface area contributed by atoms with Crippen LogP contribution >= 0.6 is 0 Å². The minimum Gasteiger partial charge on any atom is -0.491 e. The van der Waals surface area contributed by atoms with E-state index >= 15 is 0 Å². The highest BCUT2D eigenvalue weighted by atomic mass is 32.2. The predicted octanol–water partition coefficient (Wildman–Crippen LogP) is 5.40. The third-order valence-corrected chi connectivity index (χ3v) is 6.36. The van der Waals surface area contributed by atoms with Gasteiger partial charge in [0.2, 0.25) is 0 Å². The summed E-state index contributed by atoms with van der Waals surface area (Å²) in [5.41, 5.74) is 2.58. The molecule has 1 unspecified atom stereocenters. The Labute approximate surface area is 205 Å². The summed E-state index contributed by atoms with van der Waals surface area (Å²) in [4.78, 5) is 11.3. The van der Waals surface area contributed by atoms with Crippen LogP contribution in [-0.2, 0) is 23.2 Å². The Morgan fingerprint density at radius 1 is 1.14 bits per heavy atom. The summed E-state index contributed by atoms with van der Waals surface area (Å²) in [6.07, 6.45) is -7.15. The van der Waals surface area contributed by atoms with Crippen molar-refractivity contribution in [3.63, 3.8) is 0 Å². The number of benzene rings is 2. The zero-order valence-electron chi connectivity index (χ0n) is 19.1. The van der Waals surface area contributed by atoms with E-state index in [2.05, 4.69) is 19.7 Å². The molecule has 2 heterocycles. The zero-order chi connectivity index (χ0) is 25.9. The van der Waals surface area contributed by atoms with Gasteiger partial charge in [-0.25, -0.2) is 4.98 Å². The third kappa shape index (κ3) is 5.59. The van der Waals surface area contributed by atoms with Crippen LogP contribution in [-0.4, -0.2) is 38.8 Å². The number of hydrogen-bond acceptors (Lipinski definition) is 6. The second-order valence-corrected chi connectivity index (χ2v) is 9.04. The number of imidazole rings is 1. The second kappa shape index (κ2) is 10.5. The molecule has 190 valence electrons. The molecule has 0 aliphatic heterocycles. The molecule has 0 saturated carbocycles. The fraction of sp³-hybridized carbons (Fsp3) is 0.250. The summed E-state index contributed by atoms with van der Waals surface area (Å²) in [7, 11) is -0.208. The van der Waals surface area contributed by atoms with Crippen LogP contribution in [0.1, 0.15) is 16.8 Å². The van der Waals surface area contributed by atoms with Crippen molar-refractivity contribution in [2.75, 3.05) is 7.11 Å². The van der Waals surface area contributed by atoms with Gasteiger partial charge in [-0.05, 0) is 24.6 Å². The van der Waals surface area contributed by atoms with Crippen LogP contribution in [0.3, 0.4) is 0 Å². The van der Waals surface area contributed by atoms with Gasteiger partial charge in [0.05, 0.1) is 46.6 Å². The van der Waals surface area contributed by atoms with Gasteiger partial charge in [-0.2, -0.15) is 17.6 Å². The van der Waals surface area contributed by atoms with E-state index in [0.717, 1.165) is 17.7 Å². The highest BCUT2D eigenvalue weighted by Crippen LogP contribution is 2.33. The zero-order valence-corrected chi connectivity index (χ0v) is 20.0. The number of nitrogens with zero attached hydrogens (tertiary/aromatic N) is 2. The number of aromatic amines is 1. The van der Waals surface area contributed by atoms with Crippen molar-refractivity contribution in [2.45, 2.75) is 37.0 Å². The Morgan fingerprint density at radius 3 is 2.58 bits per heavy atom. The first-order chi connectivity index (χ1) is 17.2. The van der Waals surface area contributed by atoms with E-state index in [9.17, 15) is 21.8 Å². The Kier molecular flexibility index (Phi) is 7.43. The monoisotopic (exact) mass is 523 g/mol. The molecule has 36 heavy (non-hydrogen) atoms. The summed E-state index contributed by atoms with van der Waals surface area (Å²) in [5.74, 6) is 0.385. The maximum Gasteiger partial charge on any atom is 0.461 e. The lowest BCUT2D eigenvalue weighted by Crippen LogP contribution is -2.33. The number of rotatable bonds is 10. The average Bonchev–Trinajstić information content (AvgIpc) is 3.28. The van der Waals surface area contributed by atoms with Gasteiger partial charge in [0.25, 0.3) is 0 Å². The predicted molar refractivity (Wildman–Crippen MR) is 124 cm³/mol. The van der Waals surface area contributed by atoms with E-state index in [0.29, 0.717) is 34.9 Å². The van der Waals surface area contributed by atoms with E-state index in [1.165, 1.54) is 19.4 Å². The molecule has 0 saturated heterocycles. The molecule has 0 aliphatic carbocycles. The standard InChI is InChI=1S/C24H21F4N3O4S/c1-14-19(29-11-20(33-2)21(14)34-12-15-6-4-3-5-7-15)13-36(32)23-30-17-9-8-16(10-18(17)31-23)35-24(27,28)22(25)26/h3-11,22H,12-13H2,1-2H3,(H,30,31). The summed E-state index contributed by atoms with van der Waals surface area (Å²) >= 11 is 0. The first-order valence-electron chi connectivity index (χ1n) is 10.6. The molecule has 2 aromatic carbocycles. The SMILES string of the molecule is COc1cnc(CS(=O)c2nc3ccc(OC(F)(F)C(F)F)cc3[nH]2)c(C)c1OCc1ccccc1. The third-order valence-electron chi connectivity index (χ3n) is 5.20. The summed E-state index contributed by atoms with van der Waals surface area (Å²) < 4.78 is 79.7. The summed E-state index contributed by atoms with van der Waals surface area (Å²) in [5, 5.41) is 0.0616. The number of ether oxygens (including phenoxy) is 3. The fourth-order valence-corrected chi connectivity index (χ4v) is 4.44. The van der Waals surface area contributed by atoms with Crippen LogP contribution < -0.4 is 14.2 Å². The van der Waals surface area contributed by atoms with E-state index in [1.807, 2.05) is 30.3 Å². The number of nitrogens with one attached hydrogen (secondary N) is 1. The van der Waals surface area contributed by atoms with Crippen molar-refractivity contribution in [3.05, 3.63) is 71.5 Å². The molecule has 0 radical (unpaired) electrons. The quantitative estimate of drug-likeness (QED) is 0.280. The minimum atomic E-state index is -4.64. The molecule has 2 aromatic heterocycles. The van der Waals surface area contributed by atoms with E-state index < -0.39 is 29.1 Å². The number of H-pyrrole nitrogens is 1. The molecule has 4 rings (SSSR count). The molecule has 4 aromatic rings. The lowest BCUT2D eigenvalue weighted by Gasteiger charge is -2.16. The first-order valence-corrected chi connectivity index (χ1v) is 11.9. The van der Waals surface area contributed by atoms with Crippen LogP contribution in [0.2, 0.25) is 0 Å². The van der Waals surface area contributed by atoms with Crippen LogP contribution in [0.25, 0.3) is 11.0 Å². The number of pyridine rings is 1. The van der Waals surface area contributed by atoms with Crippen molar-refractivity contribution < 1.29 is 36.0 Å². The lowest BCUT2D eigenvalue weighted by atomic mass is 10.2. The number of methoxy groups -OCH3 is 1. The Morgan fingerprint density at radius 2 is 1.89 bits per heavy atom. The number of fused-ring (bicyclic) bond motifs is 1. The number of alkyl halides is 4. The topological polar surface area (TPSA) is 86.3 Å². The van der Waals surface area contributed by atoms with Crippen LogP contribution in [0.4, 0.5) is 17.6 Å². The van der Waals surface area contributed by atoms with Gasteiger partial charge in [0.15, 0.2) is 16.7 Å². The molecular weight excluding hydrogens is 502 g/mol. The van der Waals surface area contributed by atoms with E-state index in [-0.39, 0.29) is 16.4 Å². The fourth-order valence-electron chi connectivity index (χ4n) is 3.34. The smallest absolute Gasteiger partial charge is 0.461 e. The average molecular weight is 524 g/mol. The van der Waals surface area contributed by atoms with Crippen LogP contribution in [0, 0.1) is 6.92 Å². The number of halogens is 4.